The lowest BCUT2D eigenvalue weighted by Crippen LogP contribution is -2.35. The maximum Gasteiger partial charge on any atom is 0.252 e. The first-order valence-corrected chi connectivity index (χ1v) is 10.7. The molecule has 0 radical (unpaired) electrons. The van der Waals surface area contributed by atoms with Gasteiger partial charge in [-0.1, -0.05) is 26.8 Å². The summed E-state index contributed by atoms with van der Waals surface area (Å²) in [5, 5.41) is 1.11. The minimum absolute atomic E-state index is 0.0658. The van der Waals surface area contributed by atoms with Gasteiger partial charge in [-0.2, -0.15) is 0 Å². The van der Waals surface area contributed by atoms with Crippen LogP contribution in [0.1, 0.15) is 17.7 Å². The summed E-state index contributed by atoms with van der Waals surface area (Å²) >= 11 is 0. The second kappa shape index (κ2) is 6.84. The van der Waals surface area contributed by atoms with Gasteiger partial charge in [0.15, 0.2) is 0 Å². The largest absolute Gasteiger partial charge is 0.306 e. The average molecular weight is 390 g/mol. The van der Waals surface area contributed by atoms with Gasteiger partial charge in [-0.25, -0.2) is 4.98 Å². The van der Waals surface area contributed by atoms with Gasteiger partial charge in [0.1, 0.15) is 5.65 Å². The fourth-order valence-corrected chi connectivity index (χ4v) is 5.32. The van der Waals surface area contributed by atoms with Gasteiger partial charge in [0, 0.05) is 37.8 Å². The summed E-state index contributed by atoms with van der Waals surface area (Å²) in [4.78, 5) is 21.6. The Morgan fingerprint density at radius 2 is 2.14 bits per heavy atom. The maximum atomic E-state index is 12.9. The van der Waals surface area contributed by atoms with Crippen LogP contribution in [0.2, 0.25) is 0 Å². The fraction of sp³-hybridized carbons (Fsp3) is 0.273. The number of carbonyl (C=O) groups excluding carboxylic acids is 1. The highest BCUT2D eigenvalue weighted by molar-refractivity contribution is 7.51. The molecule has 0 spiro atoms. The Morgan fingerprint density at radius 1 is 1.25 bits per heavy atom. The number of imidazole rings is 1. The van der Waals surface area contributed by atoms with Crippen molar-refractivity contribution in [1.82, 2.24) is 19.2 Å². The van der Waals surface area contributed by atoms with Crippen molar-refractivity contribution in [3.05, 3.63) is 77.4 Å². The van der Waals surface area contributed by atoms with Crippen LogP contribution in [0.15, 0.2) is 66.2 Å². The zero-order chi connectivity index (χ0) is 19.3. The van der Waals surface area contributed by atoms with Gasteiger partial charge in [-0.05, 0) is 54.5 Å². The standard InChI is InChI=1S/C22H23N4OP/c1-15-12-25-13-18(3-5-20(25)23-15)19-11-21(27)26-14-17(4-6-22(26)28-19)16-7-9-24(2)10-8-16/h3-7,11-14,22,28H,8-10H2,1-2H3. The molecule has 0 saturated heterocycles. The molecule has 0 fully saturated rings. The Morgan fingerprint density at radius 3 is 2.96 bits per heavy atom. The summed E-state index contributed by atoms with van der Waals surface area (Å²) in [5.41, 5.74) is 5.55. The molecule has 1 amide bonds. The number of nitrogens with zero attached hydrogens (tertiary/aromatic N) is 4. The Bertz CT molecular complexity index is 1090. The Kier molecular flexibility index (Phi) is 4.30. The quantitative estimate of drug-likeness (QED) is 0.737. The van der Waals surface area contributed by atoms with Crippen LogP contribution in [-0.2, 0) is 4.79 Å². The van der Waals surface area contributed by atoms with E-state index in [1.807, 2.05) is 34.7 Å². The first-order valence-electron chi connectivity index (χ1n) is 9.61. The number of pyridine rings is 1. The molecule has 2 unspecified atom stereocenters. The van der Waals surface area contributed by atoms with Crippen LogP contribution in [0.4, 0.5) is 0 Å². The molecule has 5 heterocycles. The molecule has 0 bridgehead atoms. The van der Waals surface area contributed by atoms with Crippen LogP contribution in [0.25, 0.3) is 11.0 Å². The molecular weight excluding hydrogens is 367 g/mol. The van der Waals surface area contributed by atoms with Crippen molar-refractivity contribution in [2.45, 2.75) is 19.1 Å². The van der Waals surface area contributed by atoms with Crippen LogP contribution in [0, 0.1) is 6.92 Å². The molecule has 28 heavy (non-hydrogen) atoms. The Labute approximate surface area is 166 Å². The number of hydrogen-bond donors (Lipinski definition) is 0. The molecule has 0 saturated carbocycles. The maximum absolute atomic E-state index is 12.9. The number of hydrogen-bond acceptors (Lipinski definition) is 3. The molecule has 2 aromatic rings. The van der Waals surface area contributed by atoms with Crippen molar-refractivity contribution in [3.8, 4) is 0 Å². The van der Waals surface area contributed by atoms with E-state index in [0.717, 1.165) is 41.7 Å². The lowest BCUT2D eigenvalue weighted by Gasteiger charge is -2.34. The predicted octanol–water partition coefficient (Wildman–Crippen LogP) is 3.55. The monoisotopic (exact) mass is 390 g/mol. The van der Waals surface area contributed by atoms with E-state index in [1.165, 1.54) is 11.1 Å². The first-order chi connectivity index (χ1) is 13.6. The summed E-state index contributed by atoms with van der Waals surface area (Å²) < 4.78 is 2.04. The average Bonchev–Trinajstić information content (AvgIpc) is 3.07. The second-order valence-corrected chi connectivity index (χ2v) is 9.06. The molecule has 142 valence electrons. The number of carbonyl (C=O) groups is 1. The van der Waals surface area contributed by atoms with Gasteiger partial charge >= 0.3 is 0 Å². The molecule has 2 atom stereocenters. The molecule has 3 aliphatic heterocycles. The van der Waals surface area contributed by atoms with Crippen LogP contribution in [0.3, 0.4) is 0 Å². The fourth-order valence-electron chi connectivity index (χ4n) is 3.95. The van der Waals surface area contributed by atoms with E-state index in [2.05, 4.69) is 47.4 Å². The topological polar surface area (TPSA) is 40.9 Å². The Hall–Kier alpha value is -2.49. The molecule has 0 N–H and O–H groups in total. The van der Waals surface area contributed by atoms with Crippen LogP contribution in [0.5, 0.6) is 0 Å². The van der Waals surface area contributed by atoms with Crippen molar-refractivity contribution < 1.29 is 4.79 Å². The van der Waals surface area contributed by atoms with Crippen molar-refractivity contribution in [3.63, 3.8) is 0 Å². The molecule has 6 heteroatoms. The summed E-state index contributed by atoms with van der Waals surface area (Å²) in [6.45, 7) is 4.03. The highest BCUT2D eigenvalue weighted by Gasteiger charge is 2.29. The number of aryl methyl sites for hydroxylation is 1. The highest BCUT2D eigenvalue weighted by atomic mass is 31.1. The smallest absolute Gasteiger partial charge is 0.252 e. The third-order valence-electron chi connectivity index (χ3n) is 5.53. The van der Waals surface area contributed by atoms with E-state index in [9.17, 15) is 4.79 Å². The van der Waals surface area contributed by atoms with Gasteiger partial charge in [-0.3, -0.25) is 4.79 Å². The van der Waals surface area contributed by atoms with Gasteiger partial charge < -0.3 is 14.2 Å². The van der Waals surface area contributed by atoms with Gasteiger partial charge in [0.05, 0.1) is 11.5 Å². The molecule has 0 aromatic carbocycles. The van der Waals surface area contributed by atoms with E-state index in [0.29, 0.717) is 8.58 Å². The van der Waals surface area contributed by atoms with Gasteiger partial charge in [0.2, 0.25) is 0 Å². The highest BCUT2D eigenvalue weighted by Crippen LogP contribution is 2.45. The lowest BCUT2D eigenvalue weighted by atomic mass is 9.98. The minimum atomic E-state index is 0.0658. The van der Waals surface area contributed by atoms with Crippen molar-refractivity contribution in [2.75, 3.05) is 20.1 Å². The van der Waals surface area contributed by atoms with Crippen molar-refractivity contribution in [1.29, 1.82) is 0 Å². The molecular formula is C22H23N4OP. The molecule has 2 aromatic heterocycles. The van der Waals surface area contributed by atoms with Crippen LogP contribution >= 0.6 is 8.58 Å². The SMILES string of the molecule is Cc1cn2cc(C3=CC(=O)N4C=C(C5=CCN(C)CC5)C=CC4P3)ccc2n1. The molecule has 5 rings (SSSR count). The number of amides is 1. The lowest BCUT2D eigenvalue weighted by molar-refractivity contribution is -0.123. The van der Waals surface area contributed by atoms with E-state index >= 15 is 0 Å². The molecule has 0 aliphatic carbocycles. The first kappa shape index (κ1) is 17.6. The van der Waals surface area contributed by atoms with Crippen molar-refractivity contribution in [2.24, 2.45) is 0 Å². The zero-order valence-electron chi connectivity index (χ0n) is 16.1. The van der Waals surface area contributed by atoms with E-state index in [-0.39, 0.29) is 11.7 Å². The minimum Gasteiger partial charge on any atom is -0.306 e. The number of allylic oxidation sites excluding steroid dienone is 2. The number of rotatable bonds is 2. The summed E-state index contributed by atoms with van der Waals surface area (Å²) in [6.07, 6.45) is 15.6. The normalized spacial score (nSPS) is 23.6. The number of fused-ring (bicyclic) bond motifs is 2. The van der Waals surface area contributed by atoms with Crippen molar-refractivity contribution >= 4 is 25.4 Å². The van der Waals surface area contributed by atoms with E-state index in [1.54, 1.807) is 6.08 Å². The Balaban J connectivity index is 1.43. The number of likely N-dealkylation sites (N-methyl/N-ethyl adjacent to an activating group) is 1. The van der Waals surface area contributed by atoms with Crippen LogP contribution < -0.4 is 0 Å². The summed E-state index contributed by atoms with van der Waals surface area (Å²) in [6, 6.07) is 4.09. The van der Waals surface area contributed by atoms with Gasteiger partial charge in [0.25, 0.3) is 5.91 Å². The van der Waals surface area contributed by atoms with E-state index < -0.39 is 0 Å². The van der Waals surface area contributed by atoms with Crippen LogP contribution in [-0.4, -0.2) is 51.0 Å². The third kappa shape index (κ3) is 3.15. The number of aromatic nitrogens is 2. The third-order valence-corrected chi connectivity index (χ3v) is 7.04. The second-order valence-electron chi connectivity index (χ2n) is 7.64. The molecule has 3 aliphatic rings. The zero-order valence-corrected chi connectivity index (χ0v) is 17.1. The van der Waals surface area contributed by atoms with Gasteiger partial charge in [-0.15, -0.1) is 0 Å². The van der Waals surface area contributed by atoms with E-state index in [4.69, 9.17) is 0 Å². The predicted molar refractivity (Wildman–Crippen MR) is 114 cm³/mol. The summed E-state index contributed by atoms with van der Waals surface area (Å²) in [7, 11) is 2.67. The molecule has 5 nitrogen and oxygen atoms in total. The summed E-state index contributed by atoms with van der Waals surface area (Å²) in [5.74, 6) is 0.180.